The maximum Gasteiger partial charge on any atom is 0.410 e. The number of carboxylic acid groups (broad SMARTS) is 1. The average Bonchev–Trinajstić information content (AvgIpc) is 3.30. The lowest BCUT2D eigenvalue weighted by molar-refractivity contribution is -0.141. The number of piperazine rings is 1. The fourth-order valence-electron chi connectivity index (χ4n) is 6.79. The first-order valence-corrected chi connectivity index (χ1v) is 17.0. The molecule has 0 aromatic heterocycles. The van der Waals surface area contributed by atoms with Crippen molar-refractivity contribution >= 4 is 47.0 Å². The summed E-state index contributed by atoms with van der Waals surface area (Å²) in [5.74, 6) is -1.45. The van der Waals surface area contributed by atoms with Crippen LogP contribution in [0.2, 0.25) is 5.02 Å². The number of phenolic OH excluding ortho intramolecular Hbond substituents is 1. The molecule has 3 heterocycles. The predicted molar refractivity (Wildman–Crippen MR) is 186 cm³/mol. The highest BCUT2D eigenvalue weighted by atomic mass is 35.5. The van der Waals surface area contributed by atoms with E-state index in [4.69, 9.17) is 21.1 Å². The number of likely N-dealkylation sites (tertiary alicyclic amines) is 1. The second-order valence-electron chi connectivity index (χ2n) is 12.6. The summed E-state index contributed by atoms with van der Waals surface area (Å²) in [6, 6.07) is 17.2. The Morgan fingerprint density at radius 2 is 1.64 bits per heavy atom. The summed E-state index contributed by atoms with van der Waals surface area (Å²) >= 11 is 6.25. The third kappa shape index (κ3) is 7.67. The van der Waals surface area contributed by atoms with E-state index in [1.807, 2.05) is 29.2 Å². The van der Waals surface area contributed by atoms with Crippen molar-refractivity contribution in [3.8, 4) is 11.5 Å². The minimum absolute atomic E-state index is 0.00275. The molecule has 3 aromatic rings. The molecule has 264 valence electrons. The third-order valence-corrected chi connectivity index (χ3v) is 9.91. The number of nitrogens with one attached hydrogen (secondary N) is 1. The van der Waals surface area contributed by atoms with E-state index in [9.17, 15) is 29.4 Å². The van der Waals surface area contributed by atoms with Crippen LogP contribution in [-0.2, 0) is 22.4 Å². The smallest absolute Gasteiger partial charge is 0.410 e. The van der Waals surface area contributed by atoms with Crippen LogP contribution in [0.5, 0.6) is 11.5 Å². The van der Waals surface area contributed by atoms with E-state index in [2.05, 4.69) is 10.2 Å². The van der Waals surface area contributed by atoms with E-state index in [1.54, 1.807) is 40.1 Å². The summed E-state index contributed by atoms with van der Waals surface area (Å²) < 4.78 is 11.2. The van der Waals surface area contributed by atoms with Crippen LogP contribution in [0.15, 0.2) is 60.7 Å². The molecule has 2 saturated heterocycles. The molecule has 2 fully saturated rings. The molecule has 0 radical (unpaired) electrons. The molecule has 0 unspecified atom stereocenters. The number of ether oxygens (including phenoxy) is 2. The molecule has 0 bridgehead atoms. The quantitative estimate of drug-likeness (QED) is 0.303. The number of nitrogens with zero attached hydrogens (tertiary/aromatic N) is 4. The van der Waals surface area contributed by atoms with Gasteiger partial charge in [0.15, 0.2) is 17.6 Å². The summed E-state index contributed by atoms with van der Waals surface area (Å²) in [4.78, 5) is 59.0. The van der Waals surface area contributed by atoms with Crippen LogP contribution in [0.25, 0.3) is 0 Å². The van der Waals surface area contributed by atoms with Gasteiger partial charge in [-0.15, -0.1) is 0 Å². The number of para-hydroxylation sites is 1. The number of amides is 4. The number of piperidine rings is 1. The van der Waals surface area contributed by atoms with E-state index in [0.717, 1.165) is 23.4 Å². The number of hydrogen-bond donors (Lipinski definition) is 3. The summed E-state index contributed by atoms with van der Waals surface area (Å²) in [6.07, 6.45) is 0.0708. The molecular weight excluding hydrogens is 666 g/mol. The summed E-state index contributed by atoms with van der Waals surface area (Å²) in [5, 5.41) is 22.5. The lowest BCUT2D eigenvalue weighted by Crippen LogP contribution is -2.54. The minimum Gasteiger partial charge on any atom is -0.503 e. The Hall–Kier alpha value is -5.17. The number of anilines is 2. The van der Waals surface area contributed by atoms with E-state index in [-0.39, 0.29) is 46.5 Å². The lowest BCUT2D eigenvalue weighted by Gasteiger charge is -2.39. The number of hydrogen-bond acceptors (Lipinski definition) is 8. The molecular formula is C36H40ClN5O8. The highest BCUT2D eigenvalue weighted by molar-refractivity contribution is 6.32. The Kier molecular flexibility index (Phi) is 10.5. The van der Waals surface area contributed by atoms with Crippen LogP contribution < -0.4 is 15.0 Å². The van der Waals surface area contributed by atoms with Crippen molar-refractivity contribution in [1.82, 2.24) is 14.7 Å². The minimum atomic E-state index is -1.18. The Morgan fingerprint density at radius 3 is 2.32 bits per heavy atom. The summed E-state index contributed by atoms with van der Waals surface area (Å²) in [6.45, 7) is 3.02. The second-order valence-corrected chi connectivity index (χ2v) is 13.0. The molecule has 13 nitrogen and oxygen atoms in total. The molecule has 0 saturated carbocycles. The van der Waals surface area contributed by atoms with Gasteiger partial charge >= 0.3 is 18.1 Å². The van der Waals surface area contributed by atoms with Crippen LogP contribution >= 0.6 is 11.6 Å². The summed E-state index contributed by atoms with van der Waals surface area (Å²) in [5.41, 5.74) is 3.49. The normalized spacial score (nSPS) is 17.4. The number of urea groups is 1. The van der Waals surface area contributed by atoms with Crippen LogP contribution in [0.1, 0.15) is 34.3 Å². The topological polar surface area (TPSA) is 152 Å². The van der Waals surface area contributed by atoms with Gasteiger partial charge in [-0.25, -0.2) is 14.4 Å². The molecule has 0 aliphatic carbocycles. The van der Waals surface area contributed by atoms with Gasteiger partial charge in [0.2, 0.25) is 0 Å². The summed E-state index contributed by atoms with van der Waals surface area (Å²) in [7, 11) is 1.39. The van der Waals surface area contributed by atoms with Crippen molar-refractivity contribution in [2.24, 2.45) is 0 Å². The Balaban J connectivity index is 1.11. The number of fused-ring (bicyclic) bond motifs is 1. The standard InChI is InChI=1S/C36H40ClN5O8/c1-49-30-21-23(20-28(37)32(30)43)22-31(33(44)40-18-16-39(17-19-40)26-8-6-25(7-9-26)34(45)46)50-36(48)41-13-11-27(12-14-41)42-15-10-24-4-2-3-5-29(24)38-35(42)47/h2-9,20-21,27,31,43H,10-19,22H2,1H3,(H,38,47)(H,45,46)/t31-/m1/s1. The average molecular weight is 706 g/mol. The van der Waals surface area contributed by atoms with Crippen molar-refractivity contribution in [1.29, 1.82) is 0 Å². The number of carbonyl (C=O) groups excluding carboxylic acids is 3. The van der Waals surface area contributed by atoms with Crippen LogP contribution in [0.4, 0.5) is 21.0 Å². The zero-order valence-electron chi connectivity index (χ0n) is 27.7. The van der Waals surface area contributed by atoms with Crippen molar-refractivity contribution in [3.05, 3.63) is 82.4 Å². The number of carboxylic acids is 1. The number of aromatic carboxylic acids is 1. The first kappa shape index (κ1) is 34.7. The van der Waals surface area contributed by atoms with Gasteiger partial charge in [-0.3, -0.25) is 4.79 Å². The Bertz CT molecular complexity index is 1740. The monoisotopic (exact) mass is 705 g/mol. The van der Waals surface area contributed by atoms with Gasteiger partial charge in [-0.1, -0.05) is 29.8 Å². The largest absolute Gasteiger partial charge is 0.503 e. The molecule has 0 spiro atoms. The van der Waals surface area contributed by atoms with Crippen LogP contribution in [0.3, 0.4) is 0 Å². The number of aromatic hydroxyl groups is 1. The zero-order valence-corrected chi connectivity index (χ0v) is 28.5. The van der Waals surface area contributed by atoms with E-state index in [1.165, 1.54) is 13.2 Å². The predicted octanol–water partition coefficient (Wildman–Crippen LogP) is 4.70. The number of rotatable bonds is 8. The highest BCUT2D eigenvalue weighted by Gasteiger charge is 2.35. The van der Waals surface area contributed by atoms with Gasteiger partial charge in [0, 0.05) is 69.7 Å². The number of benzene rings is 3. The second kappa shape index (κ2) is 15.2. The molecule has 1 atom stereocenters. The number of carbonyl (C=O) groups is 4. The van der Waals surface area contributed by atoms with Gasteiger partial charge in [0.05, 0.1) is 17.7 Å². The van der Waals surface area contributed by atoms with Gasteiger partial charge in [-0.2, -0.15) is 0 Å². The van der Waals surface area contributed by atoms with Crippen LogP contribution in [-0.4, -0.2) is 114 Å². The van der Waals surface area contributed by atoms with Gasteiger partial charge in [-0.05, 0) is 72.9 Å². The number of methoxy groups -OCH3 is 1. The fourth-order valence-corrected chi connectivity index (χ4v) is 7.03. The molecule has 3 aliphatic heterocycles. The van der Waals surface area contributed by atoms with E-state index < -0.39 is 18.2 Å². The van der Waals surface area contributed by atoms with E-state index in [0.29, 0.717) is 64.2 Å². The third-order valence-electron chi connectivity index (χ3n) is 9.62. The molecule has 4 amide bonds. The molecule has 3 aliphatic rings. The highest BCUT2D eigenvalue weighted by Crippen LogP contribution is 2.35. The van der Waals surface area contributed by atoms with E-state index >= 15 is 0 Å². The van der Waals surface area contributed by atoms with Gasteiger partial charge in [0.1, 0.15) is 0 Å². The molecule has 14 heteroatoms. The van der Waals surface area contributed by atoms with Crippen molar-refractivity contribution in [3.63, 3.8) is 0 Å². The lowest BCUT2D eigenvalue weighted by atomic mass is 10.0. The van der Waals surface area contributed by atoms with Gasteiger partial charge in [0.25, 0.3) is 5.91 Å². The molecule has 3 aromatic carbocycles. The fraction of sp³-hybridized carbons (Fsp3) is 0.389. The SMILES string of the molecule is COc1cc(C[C@@H](OC(=O)N2CCC(N3CCc4ccccc4NC3=O)CC2)C(=O)N2CCN(c3ccc(C(=O)O)cc3)CC2)cc(Cl)c1O. The Morgan fingerprint density at radius 1 is 0.940 bits per heavy atom. The molecule has 50 heavy (non-hydrogen) atoms. The van der Waals surface area contributed by atoms with Gasteiger partial charge < -0.3 is 44.6 Å². The van der Waals surface area contributed by atoms with Crippen molar-refractivity contribution < 1.29 is 38.9 Å². The zero-order chi connectivity index (χ0) is 35.4. The maximum absolute atomic E-state index is 14.0. The molecule has 6 rings (SSSR count). The Labute approximate surface area is 294 Å². The van der Waals surface area contributed by atoms with Crippen molar-refractivity contribution in [2.75, 3.05) is 63.1 Å². The first-order chi connectivity index (χ1) is 24.1. The maximum atomic E-state index is 14.0. The first-order valence-electron chi connectivity index (χ1n) is 16.6. The molecule has 3 N–H and O–H groups in total. The number of phenols is 1. The van der Waals surface area contributed by atoms with Crippen LogP contribution in [0, 0.1) is 0 Å². The van der Waals surface area contributed by atoms with Crippen molar-refractivity contribution in [2.45, 2.75) is 37.8 Å². The number of halogens is 1.